The van der Waals surface area contributed by atoms with E-state index in [2.05, 4.69) is 21.2 Å². The van der Waals surface area contributed by atoms with Crippen molar-refractivity contribution in [3.8, 4) is 5.75 Å². The number of amides is 1. The average Bonchev–Trinajstić information content (AvgIpc) is 3.00. The molecule has 0 bridgehead atoms. The van der Waals surface area contributed by atoms with Gasteiger partial charge in [-0.2, -0.15) is 0 Å². The molecule has 0 saturated carbocycles. The zero-order chi connectivity index (χ0) is 15.8. The molecule has 0 radical (unpaired) electrons. The lowest BCUT2D eigenvalue weighted by Gasteiger charge is -2.06. The Kier molecular flexibility index (Phi) is 6.48. The van der Waals surface area contributed by atoms with Gasteiger partial charge in [-0.25, -0.2) is 0 Å². The van der Waals surface area contributed by atoms with Crippen LogP contribution in [-0.2, 0) is 11.3 Å². The topological polar surface area (TPSA) is 60.7 Å². The second kappa shape index (κ2) is 8.60. The molecule has 0 unspecified atom stereocenters. The highest BCUT2D eigenvalue weighted by Crippen LogP contribution is 2.24. The fourth-order valence-corrected chi connectivity index (χ4v) is 2.19. The lowest BCUT2D eigenvalue weighted by Crippen LogP contribution is -2.24. The summed E-state index contributed by atoms with van der Waals surface area (Å²) in [6.07, 6.45) is 0.765. The smallest absolute Gasteiger partial charge is 0.286 e. The van der Waals surface area contributed by atoms with Gasteiger partial charge in [0.25, 0.3) is 5.91 Å². The van der Waals surface area contributed by atoms with Crippen LogP contribution < -0.4 is 10.1 Å². The molecule has 5 nitrogen and oxygen atoms in total. The van der Waals surface area contributed by atoms with Crippen molar-refractivity contribution in [2.24, 2.45) is 0 Å². The standard InChI is InChI=1S/C16H18BrNO4/c1-20-10-4-9-18-16(19)15-8-7-12(22-15)11-21-14-6-3-2-5-13(14)17/h2-3,5-8H,4,9-11H2,1H3,(H,18,19). The van der Waals surface area contributed by atoms with Crippen molar-refractivity contribution in [1.82, 2.24) is 5.32 Å². The van der Waals surface area contributed by atoms with Gasteiger partial charge < -0.3 is 19.2 Å². The summed E-state index contributed by atoms with van der Waals surface area (Å²) in [7, 11) is 1.63. The monoisotopic (exact) mass is 367 g/mol. The Bertz CT molecular complexity index is 612. The minimum Gasteiger partial charge on any atom is -0.484 e. The number of benzene rings is 1. The molecule has 1 aromatic carbocycles. The van der Waals surface area contributed by atoms with Crippen LogP contribution in [0.5, 0.6) is 5.75 Å². The van der Waals surface area contributed by atoms with Crippen molar-refractivity contribution in [1.29, 1.82) is 0 Å². The van der Waals surface area contributed by atoms with E-state index < -0.39 is 0 Å². The van der Waals surface area contributed by atoms with Crippen LogP contribution in [0.15, 0.2) is 45.3 Å². The first-order valence-electron chi connectivity index (χ1n) is 6.94. The number of para-hydroxylation sites is 1. The number of hydrogen-bond donors (Lipinski definition) is 1. The summed E-state index contributed by atoms with van der Waals surface area (Å²) in [5.74, 6) is 1.37. The van der Waals surface area contributed by atoms with Gasteiger partial charge in [0.05, 0.1) is 4.47 Å². The third-order valence-corrected chi connectivity index (χ3v) is 3.56. The van der Waals surface area contributed by atoms with Crippen LogP contribution in [0.3, 0.4) is 0 Å². The van der Waals surface area contributed by atoms with Gasteiger partial charge in [0.1, 0.15) is 18.1 Å². The normalized spacial score (nSPS) is 10.5. The molecule has 2 aromatic rings. The maximum atomic E-state index is 11.9. The maximum Gasteiger partial charge on any atom is 0.286 e. The Morgan fingerprint density at radius 1 is 1.27 bits per heavy atom. The molecule has 1 N–H and O–H groups in total. The summed E-state index contributed by atoms with van der Waals surface area (Å²) in [6, 6.07) is 10.9. The SMILES string of the molecule is COCCCNC(=O)c1ccc(COc2ccccc2Br)o1. The van der Waals surface area contributed by atoms with Gasteiger partial charge in [-0.3, -0.25) is 4.79 Å². The van der Waals surface area contributed by atoms with Crippen molar-refractivity contribution in [2.75, 3.05) is 20.3 Å². The highest BCUT2D eigenvalue weighted by molar-refractivity contribution is 9.10. The first-order valence-corrected chi connectivity index (χ1v) is 7.73. The van der Waals surface area contributed by atoms with Crippen LogP contribution in [0, 0.1) is 0 Å². The molecule has 0 fully saturated rings. The number of nitrogens with one attached hydrogen (secondary N) is 1. The highest BCUT2D eigenvalue weighted by Gasteiger charge is 2.11. The van der Waals surface area contributed by atoms with Crippen LogP contribution in [-0.4, -0.2) is 26.2 Å². The molecule has 2 rings (SSSR count). The first-order chi connectivity index (χ1) is 10.7. The second-order valence-electron chi connectivity index (χ2n) is 4.59. The minimum absolute atomic E-state index is 0.233. The van der Waals surface area contributed by atoms with Gasteiger partial charge >= 0.3 is 0 Å². The van der Waals surface area contributed by atoms with Crippen molar-refractivity contribution in [3.63, 3.8) is 0 Å². The predicted molar refractivity (Wildman–Crippen MR) is 86.0 cm³/mol. The van der Waals surface area contributed by atoms with E-state index in [1.54, 1.807) is 19.2 Å². The zero-order valence-corrected chi connectivity index (χ0v) is 13.9. The van der Waals surface area contributed by atoms with E-state index in [0.717, 1.165) is 16.6 Å². The number of furan rings is 1. The second-order valence-corrected chi connectivity index (χ2v) is 5.44. The lowest BCUT2D eigenvalue weighted by molar-refractivity contribution is 0.0917. The Balaban J connectivity index is 1.83. The Morgan fingerprint density at radius 3 is 2.86 bits per heavy atom. The summed E-state index contributed by atoms with van der Waals surface area (Å²) in [5, 5.41) is 2.77. The highest BCUT2D eigenvalue weighted by atomic mass is 79.9. The fraction of sp³-hybridized carbons (Fsp3) is 0.312. The van der Waals surface area contributed by atoms with Gasteiger partial charge in [0, 0.05) is 20.3 Å². The Hall–Kier alpha value is -1.79. The third kappa shape index (κ3) is 4.89. The quantitative estimate of drug-likeness (QED) is 0.726. The van der Waals surface area contributed by atoms with E-state index >= 15 is 0 Å². The van der Waals surface area contributed by atoms with E-state index in [1.807, 2.05) is 24.3 Å². The van der Waals surface area contributed by atoms with Crippen molar-refractivity contribution in [2.45, 2.75) is 13.0 Å². The molecule has 0 aliphatic rings. The Morgan fingerprint density at radius 2 is 2.09 bits per heavy atom. The van der Waals surface area contributed by atoms with E-state index in [9.17, 15) is 4.79 Å². The van der Waals surface area contributed by atoms with Crippen molar-refractivity contribution >= 4 is 21.8 Å². The molecule has 0 spiro atoms. The van der Waals surface area contributed by atoms with E-state index in [4.69, 9.17) is 13.9 Å². The molecule has 1 aromatic heterocycles. The average molecular weight is 368 g/mol. The molecule has 1 heterocycles. The molecule has 0 aliphatic heterocycles. The zero-order valence-electron chi connectivity index (χ0n) is 12.3. The number of rotatable bonds is 8. The van der Waals surface area contributed by atoms with E-state index in [1.165, 1.54) is 0 Å². The Labute approximate surface area is 137 Å². The van der Waals surface area contributed by atoms with E-state index in [-0.39, 0.29) is 18.3 Å². The molecule has 1 amide bonds. The number of hydrogen-bond acceptors (Lipinski definition) is 4. The van der Waals surface area contributed by atoms with Gasteiger partial charge in [0.15, 0.2) is 5.76 Å². The predicted octanol–water partition coefficient (Wildman–Crippen LogP) is 3.39. The molecule has 0 aliphatic carbocycles. The van der Waals surface area contributed by atoms with Crippen LogP contribution in [0.25, 0.3) is 0 Å². The summed E-state index contributed by atoms with van der Waals surface area (Å²) in [6.45, 7) is 1.43. The number of halogens is 1. The molecule has 118 valence electrons. The number of carbonyl (C=O) groups is 1. The van der Waals surface area contributed by atoms with Crippen molar-refractivity contribution in [3.05, 3.63) is 52.4 Å². The van der Waals surface area contributed by atoms with Crippen molar-refractivity contribution < 1.29 is 18.7 Å². The maximum absolute atomic E-state index is 11.9. The van der Waals surface area contributed by atoms with Gasteiger partial charge in [-0.1, -0.05) is 12.1 Å². The largest absolute Gasteiger partial charge is 0.484 e. The van der Waals surface area contributed by atoms with Gasteiger partial charge in [0.2, 0.25) is 0 Å². The van der Waals surface area contributed by atoms with E-state index in [0.29, 0.717) is 18.9 Å². The summed E-state index contributed by atoms with van der Waals surface area (Å²) < 4.78 is 16.9. The van der Waals surface area contributed by atoms with Crippen LogP contribution in [0.2, 0.25) is 0 Å². The summed E-state index contributed by atoms with van der Waals surface area (Å²) in [5.41, 5.74) is 0. The van der Waals surface area contributed by atoms with Gasteiger partial charge in [-0.15, -0.1) is 0 Å². The molecule has 0 atom stereocenters. The van der Waals surface area contributed by atoms with Crippen LogP contribution in [0.4, 0.5) is 0 Å². The number of carbonyl (C=O) groups excluding carboxylic acids is 1. The molecule has 6 heteroatoms. The lowest BCUT2D eigenvalue weighted by atomic mass is 10.3. The first kappa shape index (κ1) is 16.6. The molecule has 0 saturated heterocycles. The molecular weight excluding hydrogens is 350 g/mol. The number of methoxy groups -OCH3 is 1. The van der Waals surface area contributed by atoms with Crippen LogP contribution in [0.1, 0.15) is 22.7 Å². The van der Waals surface area contributed by atoms with Crippen LogP contribution >= 0.6 is 15.9 Å². The third-order valence-electron chi connectivity index (χ3n) is 2.90. The minimum atomic E-state index is -0.233. The van der Waals surface area contributed by atoms with Gasteiger partial charge in [-0.05, 0) is 46.6 Å². The fourth-order valence-electron chi connectivity index (χ4n) is 1.79. The number of ether oxygens (including phenoxy) is 2. The molecule has 22 heavy (non-hydrogen) atoms. The summed E-state index contributed by atoms with van der Waals surface area (Å²) >= 11 is 3.41. The summed E-state index contributed by atoms with van der Waals surface area (Å²) in [4.78, 5) is 11.9. The molecular formula is C16H18BrNO4.